The van der Waals surface area contributed by atoms with Crippen LogP contribution in [0.15, 0.2) is 35.4 Å². The number of nitrogens with zero attached hydrogens (tertiary/aromatic N) is 4. The number of ether oxygens (including phenoxy) is 2. The second kappa shape index (κ2) is 8.13. The molecular weight excluding hydrogens is 368 g/mol. The van der Waals surface area contributed by atoms with Crippen molar-refractivity contribution in [3.05, 3.63) is 46.5 Å². The van der Waals surface area contributed by atoms with E-state index in [-0.39, 0.29) is 5.56 Å². The summed E-state index contributed by atoms with van der Waals surface area (Å²) in [7, 11) is 12.9. The number of rotatable bonds is 6. The molecule has 0 amide bonds. The van der Waals surface area contributed by atoms with Crippen LogP contribution in [0.4, 0.5) is 5.82 Å². The van der Waals surface area contributed by atoms with E-state index in [9.17, 15) is 4.79 Å². The van der Waals surface area contributed by atoms with Crippen molar-refractivity contribution >= 4 is 16.6 Å². The Hall–Kier alpha value is -3.06. The van der Waals surface area contributed by atoms with Crippen LogP contribution in [0.25, 0.3) is 21.9 Å². The molecule has 0 aliphatic rings. The molecule has 0 bridgehead atoms. The second-order valence-electron chi connectivity index (χ2n) is 7.54. The van der Waals surface area contributed by atoms with Gasteiger partial charge in [0.05, 0.1) is 25.2 Å². The summed E-state index contributed by atoms with van der Waals surface area (Å²) in [4.78, 5) is 21.1. The number of hydrogen-bond acceptors (Lipinski definition) is 6. The van der Waals surface area contributed by atoms with Crippen LogP contribution in [0.2, 0.25) is 0 Å². The second-order valence-corrected chi connectivity index (χ2v) is 7.54. The maximum Gasteiger partial charge on any atom is 0.259 e. The first-order valence-electron chi connectivity index (χ1n) is 9.33. The number of methoxy groups -OCH3 is 2. The van der Waals surface area contributed by atoms with Crippen molar-refractivity contribution in [1.82, 2.24) is 14.5 Å². The van der Waals surface area contributed by atoms with Crippen LogP contribution in [-0.2, 0) is 13.6 Å². The molecule has 0 unspecified atom stereocenters. The predicted octanol–water partition coefficient (Wildman–Crippen LogP) is 2.75. The molecule has 0 atom stereocenters. The summed E-state index contributed by atoms with van der Waals surface area (Å²) < 4.78 is 13.0. The van der Waals surface area contributed by atoms with E-state index in [1.807, 2.05) is 57.5 Å². The zero-order valence-electron chi connectivity index (χ0n) is 18.1. The van der Waals surface area contributed by atoms with Gasteiger partial charge in [-0.1, -0.05) is 0 Å². The maximum absolute atomic E-state index is 12.7. The summed E-state index contributed by atoms with van der Waals surface area (Å²) >= 11 is 0. The number of anilines is 1. The number of aromatic nitrogens is 2. The zero-order valence-corrected chi connectivity index (χ0v) is 18.1. The summed E-state index contributed by atoms with van der Waals surface area (Å²) in [5.74, 6) is 2.28. The molecule has 0 N–H and O–H groups in total. The minimum Gasteiger partial charge on any atom is -0.496 e. The van der Waals surface area contributed by atoms with Gasteiger partial charge in [0, 0.05) is 51.0 Å². The lowest BCUT2D eigenvalue weighted by atomic mass is 9.98. The van der Waals surface area contributed by atoms with Crippen LogP contribution in [-0.4, -0.2) is 56.9 Å². The van der Waals surface area contributed by atoms with E-state index in [0.717, 1.165) is 39.4 Å². The summed E-state index contributed by atoms with van der Waals surface area (Å²) in [6.07, 6.45) is 3.50. The molecule has 0 aliphatic heterocycles. The molecule has 2 heterocycles. The molecule has 0 radical (unpaired) electrons. The van der Waals surface area contributed by atoms with Gasteiger partial charge in [-0.2, -0.15) is 0 Å². The highest BCUT2D eigenvalue weighted by atomic mass is 16.5. The normalized spacial score (nSPS) is 11.2. The molecule has 0 saturated heterocycles. The Bertz CT molecular complexity index is 1080. The molecule has 1 aromatic carbocycles. The lowest BCUT2D eigenvalue weighted by Gasteiger charge is -2.19. The molecule has 0 aliphatic carbocycles. The van der Waals surface area contributed by atoms with Gasteiger partial charge >= 0.3 is 0 Å². The minimum atomic E-state index is -0.0790. The summed E-state index contributed by atoms with van der Waals surface area (Å²) in [6, 6.07) is 5.94. The quantitative estimate of drug-likeness (QED) is 0.639. The van der Waals surface area contributed by atoms with E-state index in [0.29, 0.717) is 11.9 Å². The Morgan fingerprint density at radius 1 is 1.00 bits per heavy atom. The van der Waals surface area contributed by atoms with Crippen molar-refractivity contribution in [3.63, 3.8) is 0 Å². The van der Waals surface area contributed by atoms with E-state index < -0.39 is 0 Å². The Labute approximate surface area is 171 Å². The highest BCUT2D eigenvalue weighted by Gasteiger charge is 2.17. The Kier molecular flexibility index (Phi) is 5.79. The van der Waals surface area contributed by atoms with Crippen LogP contribution < -0.4 is 19.9 Å². The fourth-order valence-corrected chi connectivity index (χ4v) is 3.44. The maximum atomic E-state index is 12.7. The highest BCUT2D eigenvalue weighted by Crippen LogP contribution is 2.38. The van der Waals surface area contributed by atoms with Gasteiger partial charge in [-0.15, -0.1) is 0 Å². The SMILES string of the molecule is COc1cc(-c2cn(C)c(=O)c3cnc(N(C)C)cc23)cc(OC)c1CN(C)C. The first-order chi connectivity index (χ1) is 13.8. The van der Waals surface area contributed by atoms with Gasteiger partial charge in [0.1, 0.15) is 17.3 Å². The fraction of sp³-hybridized carbons (Fsp3) is 0.364. The lowest BCUT2D eigenvalue weighted by molar-refractivity contribution is 0.349. The van der Waals surface area contributed by atoms with Gasteiger partial charge in [0.15, 0.2) is 0 Å². The van der Waals surface area contributed by atoms with Gasteiger partial charge in [-0.05, 0) is 37.9 Å². The molecule has 29 heavy (non-hydrogen) atoms. The van der Waals surface area contributed by atoms with Crippen molar-refractivity contribution in [1.29, 1.82) is 0 Å². The van der Waals surface area contributed by atoms with Gasteiger partial charge in [-0.25, -0.2) is 4.98 Å². The highest BCUT2D eigenvalue weighted by molar-refractivity contribution is 5.97. The van der Waals surface area contributed by atoms with Crippen LogP contribution in [0.3, 0.4) is 0 Å². The molecule has 3 rings (SSSR count). The lowest BCUT2D eigenvalue weighted by Crippen LogP contribution is -2.18. The van der Waals surface area contributed by atoms with Crippen LogP contribution in [0.5, 0.6) is 11.5 Å². The standard InChI is InChI=1S/C22H28N4O3/c1-24(2)12-18-19(28-6)8-14(9-20(18)29-7)17-13-26(5)22(27)16-11-23-21(25(3)4)10-15(16)17/h8-11,13H,12H2,1-7H3. The van der Waals surface area contributed by atoms with Gasteiger partial charge < -0.3 is 23.8 Å². The molecule has 0 fully saturated rings. The largest absolute Gasteiger partial charge is 0.496 e. The van der Waals surface area contributed by atoms with Gasteiger partial charge in [-0.3, -0.25) is 4.79 Å². The number of aryl methyl sites for hydroxylation is 1. The van der Waals surface area contributed by atoms with Crippen LogP contribution in [0, 0.1) is 0 Å². The summed E-state index contributed by atoms with van der Waals surface area (Å²) in [5.41, 5.74) is 2.73. The molecule has 7 heteroatoms. The van der Waals surface area contributed by atoms with E-state index in [4.69, 9.17) is 9.47 Å². The first-order valence-corrected chi connectivity index (χ1v) is 9.33. The molecule has 0 spiro atoms. The van der Waals surface area contributed by atoms with Crippen molar-refractivity contribution in [2.45, 2.75) is 6.54 Å². The molecule has 154 valence electrons. The number of fused-ring (bicyclic) bond motifs is 1. The van der Waals surface area contributed by atoms with Crippen molar-refractivity contribution < 1.29 is 9.47 Å². The van der Waals surface area contributed by atoms with Crippen molar-refractivity contribution in [3.8, 4) is 22.6 Å². The molecule has 0 saturated carbocycles. The third-order valence-electron chi connectivity index (χ3n) is 4.90. The zero-order chi connectivity index (χ0) is 21.3. The number of pyridine rings is 2. The average molecular weight is 396 g/mol. The Morgan fingerprint density at radius 3 is 2.14 bits per heavy atom. The Morgan fingerprint density at radius 2 is 1.62 bits per heavy atom. The average Bonchev–Trinajstić information content (AvgIpc) is 2.69. The van der Waals surface area contributed by atoms with Gasteiger partial charge in [0.2, 0.25) is 0 Å². The fourth-order valence-electron chi connectivity index (χ4n) is 3.44. The van der Waals surface area contributed by atoms with Crippen molar-refractivity contribution in [2.24, 2.45) is 7.05 Å². The van der Waals surface area contributed by atoms with E-state index in [2.05, 4.69) is 9.88 Å². The molecule has 2 aromatic heterocycles. The number of hydrogen-bond donors (Lipinski definition) is 0. The van der Waals surface area contributed by atoms with E-state index in [1.165, 1.54) is 0 Å². The third kappa shape index (κ3) is 3.91. The minimum absolute atomic E-state index is 0.0790. The molecule has 7 nitrogen and oxygen atoms in total. The van der Waals surface area contributed by atoms with Gasteiger partial charge in [0.25, 0.3) is 5.56 Å². The summed E-state index contributed by atoms with van der Waals surface area (Å²) in [6.45, 7) is 0.690. The van der Waals surface area contributed by atoms with Crippen molar-refractivity contribution in [2.75, 3.05) is 47.3 Å². The molecular formula is C22H28N4O3. The van der Waals surface area contributed by atoms with E-state index >= 15 is 0 Å². The molecule has 3 aromatic rings. The number of benzene rings is 1. The van der Waals surface area contributed by atoms with Crippen LogP contribution >= 0.6 is 0 Å². The predicted molar refractivity (Wildman–Crippen MR) is 117 cm³/mol. The smallest absolute Gasteiger partial charge is 0.259 e. The van der Waals surface area contributed by atoms with Crippen LogP contribution in [0.1, 0.15) is 5.56 Å². The monoisotopic (exact) mass is 396 g/mol. The summed E-state index contributed by atoms with van der Waals surface area (Å²) in [5, 5.41) is 1.42. The van der Waals surface area contributed by atoms with E-state index in [1.54, 1.807) is 32.0 Å². The first kappa shape index (κ1) is 20.7. The third-order valence-corrected chi connectivity index (χ3v) is 4.90. The Balaban J connectivity index is 2.34. The topological polar surface area (TPSA) is 59.8 Å².